The van der Waals surface area contributed by atoms with Crippen molar-refractivity contribution in [2.24, 2.45) is 0 Å². The third-order valence-corrected chi connectivity index (χ3v) is 5.75. The fourth-order valence-electron chi connectivity index (χ4n) is 2.39. The molecule has 0 aliphatic carbocycles. The zero-order valence-corrected chi connectivity index (χ0v) is 16.5. The first-order chi connectivity index (χ1) is 12.6. The summed E-state index contributed by atoms with van der Waals surface area (Å²) in [5, 5.41) is 0. The Labute approximate surface area is 155 Å². The lowest BCUT2D eigenvalue weighted by molar-refractivity contribution is 0.204. The van der Waals surface area contributed by atoms with Gasteiger partial charge in [0, 0.05) is 6.07 Å². The molecule has 0 aliphatic heterocycles. The lowest BCUT2D eigenvalue weighted by Gasteiger charge is -2.18. The maximum atomic E-state index is 12.7. The summed E-state index contributed by atoms with van der Waals surface area (Å²) in [5.41, 5.74) is 0.877. The zero-order chi connectivity index (χ0) is 18.8. The van der Waals surface area contributed by atoms with Crippen LogP contribution in [0.4, 0.5) is 0 Å². The van der Waals surface area contributed by atoms with Crippen molar-refractivity contribution in [3.63, 3.8) is 0 Å². The third kappa shape index (κ3) is 6.49. The van der Waals surface area contributed by atoms with Crippen molar-refractivity contribution >= 4 is 7.60 Å². The molecule has 2 aromatic rings. The van der Waals surface area contributed by atoms with E-state index in [-0.39, 0.29) is 6.61 Å². The van der Waals surface area contributed by atoms with Crippen LogP contribution in [0.15, 0.2) is 48.5 Å². The molecule has 0 aromatic heterocycles. The van der Waals surface area contributed by atoms with E-state index in [0.29, 0.717) is 24.3 Å². The molecule has 0 bridgehead atoms. The SMILES string of the molecule is CCCCP(=O)(OCC)OCc1cccc(Oc2cccc(OC)c2)c1. The minimum absolute atomic E-state index is 0.219. The molecule has 0 amide bonds. The van der Waals surface area contributed by atoms with Gasteiger partial charge in [0.25, 0.3) is 0 Å². The van der Waals surface area contributed by atoms with E-state index in [1.54, 1.807) is 7.11 Å². The molecular weight excluding hydrogens is 351 g/mol. The van der Waals surface area contributed by atoms with Crippen LogP contribution in [-0.2, 0) is 20.2 Å². The third-order valence-electron chi connectivity index (χ3n) is 3.71. The lowest BCUT2D eigenvalue weighted by Crippen LogP contribution is -2.01. The van der Waals surface area contributed by atoms with Gasteiger partial charge in [-0.15, -0.1) is 0 Å². The summed E-state index contributed by atoms with van der Waals surface area (Å²) in [6.07, 6.45) is 2.21. The zero-order valence-electron chi connectivity index (χ0n) is 15.6. The Morgan fingerprint density at radius 1 is 0.923 bits per heavy atom. The van der Waals surface area contributed by atoms with Gasteiger partial charge in [0.15, 0.2) is 0 Å². The molecule has 5 nitrogen and oxygen atoms in total. The first-order valence-electron chi connectivity index (χ1n) is 8.87. The van der Waals surface area contributed by atoms with Gasteiger partial charge >= 0.3 is 7.60 Å². The van der Waals surface area contributed by atoms with Crippen molar-refractivity contribution in [1.82, 2.24) is 0 Å². The molecule has 0 fully saturated rings. The standard InChI is InChI=1S/C20H27O5P/c1-4-6-13-26(21,23-5-2)24-16-17-9-7-11-19(14-17)25-20-12-8-10-18(15-20)22-3/h7-12,14-15H,4-6,13,16H2,1-3H3. The second kappa shape index (κ2) is 10.4. The highest BCUT2D eigenvalue weighted by atomic mass is 31.2. The van der Waals surface area contributed by atoms with E-state index < -0.39 is 7.60 Å². The van der Waals surface area contributed by atoms with Crippen LogP contribution < -0.4 is 9.47 Å². The quantitative estimate of drug-likeness (QED) is 0.447. The van der Waals surface area contributed by atoms with Crippen LogP contribution in [-0.4, -0.2) is 19.9 Å². The van der Waals surface area contributed by atoms with Crippen molar-refractivity contribution in [2.45, 2.75) is 33.3 Å². The summed E-state index contributed by atoms with van der Waals surface area (Å²) in [6.45, 7) is 4.47. The normalized spacial score (nSPS) is 13.2. The fourth-order valence-corrected chi connectivity index (χ4v) is 4.16. The van der Waals surface area contributed by atoms with E-state index in [1.165, 1.54) is 0 Å². The monoisotopic (exact) mass is 378 g/mol. The van der Waals surface area contributed by atoms with Gasteiger partial charge in [0.05, 0.1) is 26.5 Å². The van der Waals surface area contributed by atoms with Crippen molar-refractivity contribution in [3.8, 4) is 17.2 Å². The second-order valence-corrected chi connectivity index (χ2v) is 7.99. The molecule has 2 rings (SSSR count). The molecule has 1 unspecified atom stereocenters. The van der Waals surface area contributed by atoms with Crippen molar-refractivity contribution in [1.29, 1.82) is 0 Å². The number of rotatable bonds is 11. The van der Waals surface area contributed by atoms with Gasteiger partial charge in [0.1, 0.15) is 17.2 Å². The van der Waals surface area contributed by atoms with E-state index in [1.807, 2.05) is 55.5 Å². The van der Waals surface area contributed by atoms with Crippen LogP contribution >= 0.6 is 7.60 Å². The van der Waals surface area contributed by atoms with Gasteiger partial charge in [0.2, 0.25) is 0 Å². The van der Waals surface area contributed by atoms with Gasteiger partial charge in [-0.3, -0.25) is 4.57 Å². The predicted molar refractivity (Wildman–Crippen MR) is 103 cm³/mol. The van der Waals surface area contributed by atoms with Crippen LogP contribution in [0.2, 0.25) is 0 Å². The summed E-state index contributed by atoms with van der Waals surface area (Å²) >= 11 is 0. The minimum Gasteiger partial charge on any atom is -0.497 e. The number of unbranched alkanes of at least 4 members (excludes halogenated alkanes) is 1. The van der Waals surface area contributed by atoms with Crippen molar-refractivity contribution in [3.05, 3.63) is 54.1 Å². The van der Waals surface area contributed by atoms with Gasteiger partial charge in [-0.25, -0.2) is 0 Å². The number of hydrogen-bond donors (Lipinski definition) is 0. The predicted octanol–water partition coefficient (Wildman–Crippen LogP) is 6.03. The molecule has 0 radical (unpaired) electrons. The number of methoxy groups -OCH3 is 1. The summed E-state index contributed by atoms with van der Waals surface area (Å²) in [5.74, 6) is 2.10. The van der Waals surface area contributed by atoms with Gasteiger partial charge in [-0.2, -0.15) is 0 Å². The molecule has 2 aromatic carbocycles. The highest BCUT2D eigenvalue weighted by molar-refractivity contribution is 7.53. The van der Waals surface area contributed by atoms with Crippen LogP contribution in [0, 0.1) is 0 Å². The van der Waals surface area contributed by atoms with Crippen LogP contribution in [0.1, 0.15) is 32.3 Å². The Balaban J connectivity index is 2.02. The summed E-state index contributed by atoms with van der Waals surface area (Å²) < 4.78 is 34.8. The molecule has 6 heteroatoms. The van der Waals surface area contributed by atoms with Crippen LogP contribution in [0.25, 0.3) is 0 Å². The van der Waals surface area contributed by atoms with Gasteiger partial charge in [-0.1, -0.05) is 31.5 Å². The summed E-state index contributed by atoms with van der Waals surface area (Å²) in [4.78, 5) is 0. The molecule has 1 atom stereocenters. The first kappa shape index (κ1) is 20.5. The van der Waals surface area contributed by atoms with Gasteiger partial charge in [-0.05, 0) is 43.2 Å². The molecule has 0 N–H and O–H groups in total. The van der Waals surface area contributed by atoms with E-state index in [4.69, 9.17) is 18.5 Å². The molecule has 0 saturated heterocycles. The molecule has 142 valence electrons. The number of hydrogen-bond acceptors (Lipinski definition) is 5. The summed E-state index contributed by atoms with van der Waals surface area (Å²) in [7, 11) is -1.43. The minimum atomic E-state index is -3.05. The Hall–Kier alpha value is -1.81. The van der Waals surface area contributed by atoms with Crippen LogP contribution in [0.3, 0.4) is 0 Å². The van der Waals surface area contributed by atoms with E-state index in [0.717, 1.165) is 24.2 Å². The maximum Gasteiger partial charge on any atom is 0.330 e. The molecule has 26 heavy (non-hydrogen) atoms. The molecule has 0 heterocycles. The second-order valence-electron chi connectivity index (χ2n) is 5.81. The molecule has 0 spiro atoms. The molecule has 0 saturated carbocycles. The fraction of sp³-hybridized carbons (Fsp3) is 0.400. The Bertz CT molecular complexity index is 732. The largest absolute Gasteiger partial charge is 0.497 e. The van der Waals surface area contributed by atoms with Crippen molar-refractivity contribution in [2.75, 3.05) is 19.9 Å². The van der Waals surface area contributed by atoms with Crippen LogP contribution in [0.5, 0.6) is 17.2 Å². The van der Waals surface area contributed by atoms with E-state index >= 15 is 0 Å². The smallest absolute Gasteiger partial charge is 0.330 e. The molecular formula is C20H27O5P. The van der Waals surface area contributed by atoms with Crippen molar-refractivity contribution < 1.29 is 23.1 Å². The average molecular weight is 378 g/mol. The maximum absolute atomic E-state index is 12.7. The lowest BCUT2D eigenvalue weighted by atomic mass is 10.2. The number of ether oxygens (including phenoxy) is 2. The van der Waals surface area contributed by atoms with E-state index in [9.17, 15) is 4.57 Å². The average Bonchev–Trinajstić information content (AvgIpc) is 2.66. The van der Waals surface area contributed by atoms with E-state index in [2.05, 4.69) is 6.92 Å². The Kier molecular flexibility index (Phi) is 8.17. The Morgan fingerprint density at radius 3 is 2.31 bits per heavy atom. The molecule has 0 aliphatic rings. The topological polar surface area (TPSA) is 54.0 Å². The Morgan fingerprint density at radius 2 is 1.62 bits per heavy atom. The highest BCUT2D eigenvalue weighted by Crippen LogP contribution is 2.49. The van der Waals surface area contributed by atoms with Gasteiger partial charge < -0.3 is 18.5 Å². The highest BCUT2D eigenvalue weighted by Gasteiger charge is 2.23. The summed E-state index contributed by atoms with van der Waals surface area (Å²) in [6, 6.07) is 14.9. The first-order valence-corrected chi connectivity index (χ1v) is 10.6. The number of benzene rings is 2.